The zero-order valence-electron chi connectivity index (χ0n) is 10.1. The Morgan fingerprint density at radius 3 is 2.62 bits per heavy atom. The molecule has 2 N–H and O–H groups in total. The Bertz CT molecular complexity index is 388. The van der Waals surface area contributed by atoms with Gasteiger partial charge in [-0.15, -0.1) is 0 Å². The van der Waals surface area contributed by atoms with Crippen LogP contribution in [-0.4, -0.2) is 18.6 Å². The van der Waals surface area contributed by atoms with Crippen molar-refractivity contribution >= 4 is 17.3 Å². The SMILES string of the molecule is CC(N)C1CN(C(C)C)c2cccc(Cl)c21. The lowest BCUT2D eigenvalue weighted by atomic mass is 9.95. The minimum atomic E-state index is 0.141. The topological polar surface area (TPSA) is 29.3 Å². The van der Waals surface area contributed by atoms with Crippen LogP contribution in [0.1, 0.15) is 32.3 Å². The molecule has 1 aromatic carbocycles. The zero-order valence-corrected chi connectivity index (χ0v) is 10.8. The normalized spacial score (nSPS) is 21.4. The minimum Gasteiger partial charge on any atom is -0.368 e. The number of halogens is 1. The van der Waals surface area contributed by atoms with E-state index in [-0.39, 0.29) is 6.04 Å². The second-order valence-electron chi connectivity index (χ2n) is 4.88. The van der Waals surface area contributed by atoms with Gasteiger partial charge in [-0.2, -0.15) is 0 Å². The van der Waals surface area contributed by atoms with E-state index in [1.807, 2.05) is 12.1 Å². The predicted octanol–water partition coefficient (Wildman–Crippen LogP) is 3.00. The van der Waals surface area contributed by atoms with E-state index in [0.717, 1.165) is 11.6 Å². The maximum atomic E-state index is 6.30. The minimum absolute atomic E-state index is 0.141. The summed E-state index contributed by atoms with van der Waals surface area (Å²) in [5.74, 6) is 0.353. The van der Waals surface area contributed by atoms with Gasteiger partial charge in [-0.25, -0.2) is 0 Å². The molecule has 2 atom stereocenters. The molecule has 0 saturated heterocycles. The third kappa shape index (κ3) is 1.80. The molecule has 1 heterocycles. The highest BCUT2D eigenvalue weighted by Gasteiger charge is 2.33. The summed E-state index contributed by atoms with van der Waals surface area (Å²) >= 11 is 6.30. The molecule has 1 aliphatic rings. The number of hydrogen-bond acceptors (Lipinski definition) is 2. The molecule has 2 nitrogen and oxygen atoms in total. The number of fused-ring (bicyclic) bond motifs is 1. The Balaban J connectivity index is 2.49. The summed E-state index contributed by atoms with van der Waals surface area (Å²) in [6.07, 6.45) is 0. The first kappa shape index (κ1) is 11.7. The molecule has 2 unspecified atom stereocenters. The molecule has 0 amide bonds. The van der Waals surface area contributed by atoms with Crippen LogP contribution in [0.4, 0.5) is 5.69 Å². The van der Waals surface area contributed by atoms with Crippen LogP contribution >= 0.6 is 11.6 Å². The smallest absolute Gasteiger partial charge is 0.0462 e. The van der Waals surface area contributed by atoms with Crippen molar-refractivity contribution in [2.24, 2.45) is 5.73 Å². The van der Waals surface area contributed by atoms with Crippen molar-refractivity contribution in [2.45, 2.75) is 38.8 Å². The Morgan fingerprint density at radius 2 is 2.06 bits per heavy atom. The van der Waals surface area contributed by atoms with Gasteiger partial charge in [0.1, 0.15) is 0 Å². The fourth-order valence-corrected chi connectivity index (χ4v) is 2.77. The Kier molecular flexibility index (Phi) is 3.13. The van der Waals surface area contributed by atoms with Gasteiger partial charge < -0.3 is 10.6 Å². The summed E-state index contributed by atoms with van der Waals surface area (Å²) in [5.41, 5.74) is 8.54. The Labute approximate surface area is 102 Å². The number of benzene rings is 1. The van der Waals surface area contributed by atoms with Crippen LogP contribution in [0.5, 0.6) is 0 Å². The second-order valence-corrected chi connectivity index (χ2v) is 5.29. The second kappa shape index (κ2) is 4.27. The molecular formula is C13H19ClN2. The van der Waals surface area contributed by atoms with E-state index in [9.17, 15) is 0 Å². The quantitative estimate of drug-likeness (QED) is 0.858. The fourth-order valence-electron chi connectivity index (χ4n) is 2.46. The molecule has 88 valence electrons. The first-order valence-corrected chi connectivity index (χ1v) is 6.20. The molecule has 0 fully saturated rings. The fraction of sp³-hybridized carbons (Fsp3) is 0.538. The van der Waals surface area contributed by atoms with Crippen molar-refractivity contribution in [1.82, 2.24) is 0 Å². The van der Waals surface area contributed by atoms with E-state index in [0.29, 0.717) is 12.0 Å². The summed E-state index contributed by atoms with van der Waals surface area (Å²) in [7, 11) is 0. The zero-order chi connectivity index (χ0) is 11.9. The highest BCUT2D eigenvalue weighted by Crippen LogP contribution is 2.42. The van der Waals surface area contributed by atoms with Gasteiger partial charge in [0, 0.05) is 40.8 Å². The monoisotopic (exact) mass is 238 g/mol. The molecule has 16 heavy (non-hydrogen) atoms. The van der Waals surface area contributed by atoms with Crippen LogP contribution in [0.15, 0.2) is 18.2 Å². The molecule has 1 aliphatic heterocycles. The lowest BCUT2D eigenvalue weighted by Crippen LogP contribution is -2.33. The van der Waals surface area contributed by atoms with Crippen molar-refractivity contribution in [3.8, 4) is 0 Å². The third-order valence-electron chi connectivity index (χ3n) is 3.36. The molecular weight excluding hydrogens is 220 g/mol. The third-order valence-corrected chi connectivity index (χ3v) is 3.69. The van der Waals surface area contributed by atoms with Crippen molar-refractivity contribution in [2.75, 3.05) is 11.4 Å². The van der Waals surface area contributed by atoms with Crippen LogP contribution in [0.25, 0.3) is 0 Å². The number of rotatable bonds is 2. The lowest BCUT2D eigenvalue weighted by molar-refractivity contribution is 0.565. The Hall–Kier alpha value is -0.730. The van der Waals surface area contributed by atoms with E-state index in [1.165, 1.54) is 11.3 Å². The van der Waals surface area contributed by atoms with E-state index in [4.69, 9.17) is 17.3 Å². The van der Waals surface area contributed by atoms with Gasteiger partial charge in [0.25, 0.3) is 0 Å². The Morgan fingerprint density at radius 1 is 1.38 bits per heavy atom. The van der Waals surface area contributed by atoms with Crippen LogP contribution < -0.4 is 10.6 Å². The molecule has 2 rings (SSSR count). The van der Waals surface area contributed by atoms with Crippen LogP contribution in [0, 0.1) is 0 Å². The van der Waals surface area contributed by atoms with Crippen molar-refractivity contribution in [3.05, 3.63) is 28.8 Å². The van der Waals surface area contributed by atoms with Crippen LogP contribution in [-0.2, 0) is 0 Å². The van der Waals surface area contributed by atoms with Crippen molar-refractivity contribution in [1.29, 1.82) is 0 Å². The van der Waals surface area contributed by atoms with Gasteiger partial charge in [-0.1, -0.05) is 17.7 Å². The van der Waals surface area contributed by atoms with E-state index in [2.05, 4.69) is 31.7 Å². The molecule has 0 spiro atoms. The number of hydrogen-bond donors (Lipinski definition) is 1. The lowest BCUT2D eigenvalue weighted by Gasteiger charge is -2.25. The van der Waals surface area contributed by atoms with Crippen molar-refractivity contribution in [3.63, 3.8) is 0 Å². The molecule has 3 heteroatoms. The maximum Gasteiger partial charge on any atom is 0.0462 e. The standard InChI is InChI=1S/C13H19ClN2/c1-8(2)16-7-10(9(3)15)13-11(14)5-4-6-12(13)16/h4-6,8-10H,7,15H2,1-3H3. The van der Waals surface area contributed by atoms with E-state index >= 15 is 0 Å². The largest absolute Gasteiger partial charge is 0.368 e. The van der Waals surface area contributed by atoms with Gasteiger partial charge in [0.2, 0.25) is 0 Å². The highest BCUT2D eigenvalue weighted by atomic mass is 35.5. The van der Waals surface area contributed by atoms with E-state index in [1.54, 1.807) is 0 Å². The van der Waals surface area contributed by atoms with Gasteiger partial charge in [0.15, 0.2) is 0 Å². The first-order chi connectivity index (χ1) is 7.52. The molecule has 0 saturated carbocycles. The molecule has 0 aliphatic carbocycles. The van der Waals surface area contributed by atoms with Gasteiger partial charge in [0.05, 0.1) is 0 Å². The average Bonchev–Trinajstić information content (AvgIpc) is 2.58. The number of nitrogens with zero attached hydrogens (tertiary/aromatic N) is 1. The highest BCUT2D eigenvalue weighted by molar-refractivity contribution is 6.32. The van der Waals surface area contributed by atoms with Gasteiger partial charge >= 0.3 is 0 Å². The molecule has 0 bridgehead atoms. The number of nitrogens with two attached hydrogens (primary N) is 1. The van der Waals surface area contributed by atoms with E-state index < -0.39 is 0 Å². The van der Waals surface area contributed by atoms with Crippen LogP contribution in [0.2, 0.25) is 5.02 Å². The summed E-state index contributed by atoms with van der Waals surface area (Å²) in [6.45, 7) is 7.44. The molecule has 0 radical (unpaired) electrons. The molecule has 1 aromatic rings. The van der Waals surface area contributed by atoms with Crippen molar-refractivity contribution < 1.29 is 0 Å². The number of anilines is 1. The summed E-state index contributed by atoms with van der Waals surface area (Å²) in [5, 5.41) is 0.850. The predicted molar refractivity (Wildman–Crippen MR) is 70.3 cm³/mol. The average molecular weight is 239 g/mol. The summed E-state index contributed by atoms with van der Waals surface area (Å²) < 4.78 is 0. The molecule has 0 aromatic heterocycles. The van der Waals surface area contributed by atoms with Gasteiger partial charge in [-0.3, -0.25) is 0 Å². The van der Waals surface area contributed by atoms with Crippen LogP contribution in [0.3, 0.4) is 0 Å². The summed E-state index contributed by atoms with van der Waals surface area (Å²) in [6, 6.07) is 6.74. The van der Waals surface area contributed by atoms with Gasteiger partial charge in [-0.05, 0) is 32.9 Å². The summed E-state index contributed by atoms with van der Waals surface area (Å²) in [4.78, 5) is 2.38. The first-order valence-electron chi connectivity index (χ1n) is 5.83. The maximum absolute atomic E-state index is 6.30.